The Labute approximate surface area is 395 Å². The molecule has 1 heterocycles. The molecule has 0 amide bonds. The Morgan fingerprint density at radius 1 is 0.682 bits per heavy atom. The Bertz CT molecular complexity index is 1390. The molecule has 7 N–H and O–H groups in total. The molecule has 1 saturated heterocycles. The molecule has 1 rings (SSSR count). The van der Waals surface area contributed by atoms with Crippen LogP contribution in [0.4, 0.5) is 0 Å². The highest BCUT2D eigenvalue weighted by molar-refractivity contribution is 7.47. The molecule has 17 nitrogen and oxygen atoms in total. The first kappa shape index (κ1) is 62.5. The Morgan fingerprint density at radius 3 is 1.82 bits per heavy atom. The fourth-order valence-electron chi connectivity index (χ4n) is 7.46. The molecule has 0 aromatic carbocycles. The molecule has 0 aromatic rings. The van der Waals surface area contributed by atoms with Crippen LogP contribution >= 0.6 is 15.6 Å². The highest BCUT2D eigenvalue weighted by Crippen LogP contribution is 2.44. The molecule has 0 aliphatic carbocycles. The van der Waals surface area contributed by atoms with Crippen LogP contribution in [0.15, 0.2) is 24.3 Å². The molecule has 2 unspecified atom stereocenters. The van der Waals surface area contributed by atoms with Crippen molar-refractivity contribution in [3.05, 3.63) is 24.3 Å². The molecule has 0 aromatic heterocycles. The second-order valence-corrected chi connectivity index (χ2v) is 20.8. The van der Waals surface area contributed by atoms with E-state index in [1.807, 2.05) is 12.2 Å². The van der Waals surface area contributed by atoms with Crippen molar-refractivity contribution in [3.63, 3.8) is 0 Å². The summed E-state index contributed by atoms with van der Waals surface area (Å²) < 4.78 is 53.6. The predicted octanol–water partition coefficient (Wildman–Crippen LogP) is 9.03. The maximum absolute atomic E-state index is 12.8. The van der Waals surface area contributed by atoms with Gasteiger partial charge in [0.25, 0.3) is 0 Å². The summed E-state index contributed by atoms with van der Waals surface area (Å²) in [5.74, 6) is -0.781. The van der Waals surface area contributed by atoms with Crippen LogP contribution in [-0.2, 0) is 46.5 Å². The average Bonchev–Trinajstić information content (AvgIpc) is 3.25. The molecule has 1 aliphatic heterocycles. The number of carbonyl (C=O) groups excluding carboxylic acids is 2. The Kier molecular flexibility index (Phi) is 36.2. The van der Waals surface area contributed by atoms with Gasteiger partial charge in [-0.3, -0.25) is 23.2 Å². The van der Waals surface area contributed by atoms with Gasteiger partial charge in [0.05, 0.1) is 38.1 Å². The molecule has 1 aliphatic rings. The van der Waals surface area contributed by atoms with Gasteiger partial charge >= 0.3 is 27.6 Å². The van der Waals surface area contributed by atoms with Crippen LogP contribution in [0.5, 0.6) is 0 Å². The van der Waals surface area contributed by atoms with Gasteiger partial charge in [-0.2, -0.15) is 0 Å². The minimum atomic E-state index is -4.90. The minimum Gasteiger partial charge on any atom is -0.462 e. The molecule has 0 spiro atoms. The van der Waals surface area contributed by atoms with Crippen LogP contribution in [0, 0.1) is 11.8 Å². The number of ether oxygens (including phenoxy) is 3. The molecule has 1 fully saturated rings. The maximum atomic E-state index is 12.8. The number of aliphatic hydroxyl groups is 4. The first-order valence-electron chi connectivity index (χ1n) is 24.8. The smallest absolute Gasteiger partial charge is 0.462 e. The van der Waals surface area contributed by atoms with Crippen LogP contribution in [0.1, 0.15) is 188 Å². The summed E-state index contributed by atoms with van der Waals surface area (Å²) in [6, 6.07) is 0. The van der Waals surface area contributed by atoms with Gasteiger partial charge in [0, 0.05) is 25.2 Å². The summed E-state index contributed by atoms with van der Waals surface area (Å²) in [5, 5.41) is 40.8. The molecule has 66 heavy (non-hydrogen) atoms. The SMILES string of the molecule is CCCCC[C@H](O)/C=C/[C@H]1OC(O)C[C@H](O)[C@@H]1C/C=C\CCCC(=O)O[C@H](COC(=O)CCCCCCCCCCCCCCCCCC(C)C)COP(=O)(O)OC[C@@H](O)COP(=O)(O)O. The van der Waals surface area contributed by atoms with Crippen molar-refractivity contribution in [2.45, 2.75) is 225 Å². The van der Waals surface area contributed by atoms with Crippen LogP contribution < -0.4 is 0 Å². The fraction of sp³-hybridized carbons (Fsp3) is 0.872. The van der Waals surface area contributed by atoms with Gasteiger partial charge in [-0.25, -0.2) is 9.13 Å². The normalized spacial score (nSPS) is 20.5. The van der Waals surface area contributed by atoms with Gasteiger partial charge in [0.15, 0.2) is 12.4 Å². The lowest BCUT2D eigenvalue weighted by Gasteiger charge is -2.36. The van der Waals surface area contributed by atoms with E-state index in [1.165, 1.54) is 70.6 Å². The summed E-state index contributed by atoms with van der Waals surface area (Å²) in [7, 11) is -9.79. The zero-order chi connectivity index (χ0) is 49.1. The van der Waals surface area contributed by atoms with E-state index in [1.54, 1.807) is 12.2 Å². The third kappa shape index (κ3) is 36.4. The van der Waals surface area contributed by atoms with Gasteiger partial charge in [-0.05, 0) is 38.0 Å². The predicted molar refractivity (Wildman–Crippen MR) is 252 cm³/mol. The number of rotatable bonds is 42. The molecular formula is C47H88O17P2. The lowest BCUT2D eigenvalue weighted by atomic mass is 9.87. The van der Waals surface area contributed by atoms with Gasteiger partial charge in [-0.1, -0.05) is 161 Å². The van der Waals surface area contributed by atoms with Crippen LogP contribution in [-0.4, -0.2) is 110 Å². The summed E-state index contributed by atoms with van der Waals surface area (Å²) in [5.41, 5.74) is 0. The van der Waals surface area contributed by atoms with Crippen molar-refractivity contribution in [2.24, 2.45) is 11.8 Å². The second kappa shape index (κ2) is 38.2. The third-order valence-corrected chi connectivity index (χ3v) is 12.7. The van der Waals surface area contributed by atoms with E-state index in [0.29, 0.717) is 32.1 Å². The quantitative estimate of drug-likeness (QED) is 0.0130. The van der Waals surface area contributed by atoms with E-state index in [2.05, 4.69) is 29.8 Å². The van der Waals surface area contributed by atoms with Crippen molar-refractivity contribution in [2.75, 3.05) is 26.4 Å². The first-order valence-corrected chi connectivity index (χ1v) is 27.8. The summed E-state index contributed by atoms with van der Waals surface area (Å²) >= 11 is 0. The number of carbonyl (C=O) groups is 2. The number of phosphoric ester groups is 2. The molecule has 19 heteroatoms. The summed E-state index contributed by atoms with van der Waals surface area (Å²) in [4.78, 5) is 53.1. The number of esters is 2. The maximum Gasteiger partial charge on any atom is 0.472 e. The largest absolute Gasteiger partial charge is 0.472 e. The van der Waals surface area contributed by atoms with Crippen molar-refractivity contribution in [1.29, 1.82) is 0 Å². The van der Waals surface area contributed by atoms with Crippen LogP contribution in [0.3, 0.4) is 0 Å². The average molecular weight is 987 g/mol. The van der Waals surface area contributed by atoms with Crippen LogP contribution in [0.25, 0.3) is 0 Å². The highest BCUT2D eigenvalue weighted by atomic mass is 31.2. The van der Waals surface area contributed by atoms with E-state index >= 15 is 0 Å². The van der Waals surface area contributed by atoms with E-state index in [0.717, 1.165) is 50.9 Å². The van der Waals surface area contributed by atoms with Crippen molar-refractivity contribution < 1.29 is 81.6 Å². The first-order chi connectivity index (χ1) is 31.4. The Hall–Kier alpha value is -1.56. The summed E-state index contributed by atoms with van der Waals surface area (Å²) in [6.07, 6.45) is 25.0. The fourth-order valence-corrected chi connectivity index (χ4v) is 8.61. The summed E-state index contributed by atoms with van der Waals surface area (Å²) in [6.45, 7) is 3.70. The molecular weight excluding hydrogens is 898 g/mol. The minimum absolute atomic E-state index is 0.0569. The van der Waals surface area contributed by atoms with Crippen LogP contribution in [0.2, 0.25) is 0 Å². The number of hydrogen-bond donors (Lipinski definition) is 7. The van der Waals surface area contributed by atoms with Gasteiger partial charge < -0.3 is 49.3 Å². The monoisotopic (exact) mass is 987 g/mol. The molecule has 0 bridgehead atoms. The number of allylic oxidation sites excluding steroid dienone is 2. The van der Waals surface area contributed by atoms with Crippen molar-refractivity contribution >= 4 is 27.6 Å². The van der Waals surface area contributed by atoms with Gasteiger partial charge in [0.2, 0.25) is 0 Å². The second-order valence-electron chi connectivity index (χ2n) is 18.1. The molecule has 0 saturated carbocycles. The topological polar surface area (TPSA) is 265 Å². The number of aliphatic hydroxyl groups excluding tert-OH is 4. The number of phosphoric acid groups is 2. The Balaban J connectivity index is 2.53. The van der Waals surface area contributed by atoms with Gasteiger partial charge in [0.1, 0.15) is 12.7 Å². The lowest BCUT2D eigenvalue weighted by molar-refractivity contribution is -0.199. The highest BCUT2D eigenvalue weighted by Gasteiger charge is 2.35. The zero-order valence-corrected chi connectivity index (χ0v) is 42.0. The molecule has 388 valence electrons. The van der Waals surface area contributed by atoms with Gasteiger partial charge in [-0.15, -0.1) is 0 Å². The zero-order valence-electron chi connectivity index (χ0n) is 40.2. The van der Waals surface area contributed by atoms with E-state index < -0.39 is 90.8 Å². The van der Waals surface area contributed by atoms with E-state index in [-0.39, 0.29) is 25.2 Å². The van der Waals surface area contributed by atoms with Crippen molar-refractivity contribution in [3.8, 4) is 0 Å². The standard InChI is InChI=1S/C47H88O17P2/c1-4-5-21-27-39(48)31-32-44-42(43(50)33-47(53)64-44)28-23-19-20-25-30-46(52)63-41(37-62-66(57,58)61-35-40(49)34-60-65(54,55)56)36-59-45(51)29-24-18-16-14-12-10-8-6-7-9-11-13-15-17-22-26-38(2)3/h19,23,31-32,38-44,47-50,53H,4-18,20-22,24-30,33-37H2,1-3H3,(H,57,58)(H2,54,55,56)/b23-19-,32-31+/t39-,40-,41+,42-,43-,44+,47?/m0/s1. The number of unbranched alkanes of at least 4 members (excludes halogenated alkanes) is 17. The number of hydrogen-bond acceptors (Lipinski definition) is 14. The Morgan fingerprint density at radius 2 is 1.23 bits per heavy atom. The van der Waals surface area contributed by atoms with Crippen molar-refractivity contribution in [1.82, 2.24) is 0 Å². The van der Waals surface area contributed by atoms with E-state index in [4.69, 9.17) is 28.5 Å². The lowest BCUT2D eigenvalue weighted by Crippen LogP contribution is -2.43. The van der Waals surface area contributed by atoms with E-state index in [9.17, 15) is 44.0 Å². The molecule has 0 radical (unpaired) electrons. The molecule has 8 atom stereocenters. The third-order valence-electron chi connectivity index (χ3n) is 11.3.